The lowest BCUT2D eigenvalue weighted by molar-refractivity contribution is -0.146. The fourth-order valence-electron chi connectivity index (χ4n) is 2.91. The van der Waals surface area contributed by atoms with Crippen molar-refractivity contribution in [1.29, 1.82) is 0 Å². The molecular weight excluding hydrogens is 374 g/mol. The molecule has 0 spiro atoms. The number of aromatic nitrogens is 3. The quantitative estimate of drug-likeness (QED) is 0.564. The molecule has 0 bridgehead atoms. The van der Waals surface area contributed by atoms with E-state index in [0.717, 1.165) is 16.8 Å². The molecule has 0 aliphatic rings. The topological polar surface area (TPSA) is 96.5 Å². The minimum absolute atomic E-state index is 0.0280. The summed E-state index contributed by atoms with van der Waals surface area (Å²) in [4.78, 5) is 28.5. The van der Waals surface area contributed by atoms with Gasteiger partial charge in [-0.15, -0.1) is 0 Å². The first-order valence-electron chi connectivity index (χ1n) is 9.28. The minimum Gasteiger partial charge on any atom is -0.462 e. The fraction of sp³-hybridized carbons (Fsp3) is 0.333. The van der Waals surface area contributed by atoms with Gasteiger partial charge >= 0.3 is 11.9 Å². The maximum absolute atomic E-state index is 12.3. The molecule has 152 valence electrons. The van der Waals surface area contributed by atoms with Crippen molar-refractivity contribution in [3.63, 3.8) is 0 Å². The highest BCUT2D eigenvalue weighted by molar-refractivity contribution is 5.91. The molecule has 0 unspecified atom stereocenters. The van der Waals surface area contributed by atoms with Gasteiger partial charge in [-0.05, 0) is 45.9 Å². The highest BCUT2D eigenvalue weighted by Crippen LogP contribution is 2.18. The Morgan fingerprint density at radius 2 is 1.83 bits per heavy atom. The van der Waals surface area contributed by atoms with Crippen molar-refractivity contribution in [3.05, 3.63) is 58.7 Å². The summed E-state index contributed by atoms with van der Waals surface area (Å²) in [6.45, 7) is 7.48. The molecule has 0 amide bonds. The van der Waals surface area contributed by atoms with Crippen molar-refractivity contribution in [2.24, 2.45) is 0 Å². The van der Waals surface area contributed by atoms with Crippen molar-refractivity contribution in [1.82, 2.24) is 14.7 Å². The summed E-state index contributed by atoms with van der Waals surface area (Å²) < 4.78 is 17.2. The van der Waals surface area contributed by atoms with Gasteiger partial charge in [-0.3, -0.25) is 4.79 Å². The fourth-order valence-corrected chi connectivity index (χ4v) is 2.91. The highest BCUT2D eigenvalue weighted by atomic mass is 16.5. The van der Waals surface area contributed by atoms with E-state index in [9.17, 15) is 9.59 Å². The van der Waals surface area contributed by atoms with Crippen LogP contribution in [-0.2, 0) is 27.4 Å². The van der Waals surface area contributed by atoms with Crippen LogP contribution in [0.15, 0.2) is 34.9 Å². The monoisotopic (exact) mass is 397 g/mol. The van der Waals surface area contributed by atoms with Crippen LogP contribution < -0.4 is 0 Å². The summed E-state index contributed by atoms with van der Waals surface area (Å²) in [6.07, 6.45) is 0. The Morgan fingerprint density at radius 1 is 1.10 bits per heavy atom. The number of benzene rings is 1. The molecular formula is C21H23N3O5. The van der Waals surface area contributed by atoms with Crippen LogP contribution in [0.3, 0.4) is 0 Å². The molecule has 1 aromatic carbocycles. The number of aryl methyl sites for hydroxylation is 2. The molecule has 0 saturated heterocycles. The van der Waals surface area contributed by atoms with Crippen molar-refractivity contribution in [3.8, 4) is 11.5 Å². The Kier molecular flexibility index (Phi) is 6.11. The first-order valence-corrected chi connectivity index (χ1v) is 9.28. The van der Waals surface area contributed by atoms with Gasteiger partial charge in [0.25, 0.3) is 5.89 Å². The lowest BCUT2D eigenvalue weighted by Gasteiger charge is -2.09. The zero-order chi connectivity index (χ0) is 21.0. The Morgan fingerprint density at radius 3 is 2.52 bits per heavy atom. The number of hydrogen-bond acceptors (Lipinski definition) is 7. The van der Waals surface area contributed by atoms with Gasteiger partial charge in [0, 0.05) is 17.0 Å². The number of carbonyl (C=O) groups excluding carboxylic acids is 2. The number of carbonyl (C=O) groups is 2. The molecule has 0 N–H and O–H groups in total. The van der Waals surface area contributed by atoms with E-state index in [0.29, 0.717) is 23.8 Å². The summed E-state index contributed by atoms with van der Waals surface area (Å²) in [5, 5.41) is 3.85. The standard InChI is InChI=1S/C21H23N3O5/c1-5-27-21(26)17-10-14(3)24(15(17)4)11-19(25)28-12-18-22-20(29-23-18)16-8-6-13(2)7-9-16/h6-10H,5,11-12H2,1-4H3. The minimum atomic E-state index is -0.469. The molecule has 0 aliphatic carbocycles. The Labute approximate surface area is 168 Å². The number of nitrogens with zero attached hydrogens (tertiary/aromatic N) is 3. The van der Waals surface area contributed by atoms with Gasteiger partial charge in [-0.2, -0.15) is 4.98 Å². The second-order valence-corrected chi connectivity index (χ2v) is 6.63. The Balaban J connectivity index is 1.61. The van der Waals surface area contributed by atoms with Gasteiger partial charge in [0.05, 0.1) is 12.2 Å². The van der Waals surface area contributed by atoms with Gasteiger partial charge in [0.1, 0.15) is 6.54 Å². The molecule has 0 fully saturated rings. The van der Waals surface area contributed by atoms with Crippen LogP contribution >= 0.6 is 0 Å². The predicted octanol–water partition coefficient (Wildman–Crippen LogP) is 3.38. The van der Waals surface area contributed by atoms with Gasteiger partial charge in [0.15, 0.2) is 6.61 Å². The predicted molar refractivity (Wildman–Crippen MR) is 104 cm³/mol. The number of esters is 2. The lowest BCUT2D eigenvalue weighted by Crippen LogP contribution is -2.16. The van der Waals surface area contributed by atoms with Crippen LogP contribution in [0.1, 0.15) is 40.1 Å². The molecule has 8 heteroatoms. The average molecular weight is 397 g/mol. The zero-order valence-electron chi connectivity index (χ0n) is 16.9. The van der Waals surface area contributed by atoms with E-state index >= 15 is 0 Å². The molecule has 2 heterocycles. The maximum atomic E-state index is 12.3. The van der Waals surface area contributed by atoms with Crippen LogP contribution in [0.4, 0.5) is 0 Å². The zero-order valence-corrected chi connectivity index (χ0v) is 16.9. The lowest BCUT2D eigenvalue weighted by atomic mass is 10.1. The van der Waals surface area contributed by atoms with Gasteiger partial charge in [0.2, 0.25) is 5.82 Å². The first kappa shape index (κ1) is 20.3. The molecule has 29 heavy (non-hydrogen) atoms. The van der Waals surface area contributed by atoms with E-state index in [2.05, 4.69) is 10.1 Å². The Bertz CT molecular complexity index is 1020. The van der Waals surface area contributed by atoms with Gasteiger partial charge in [-0.1, -0.05) is 22.9 Å². The average Bonchev–Trinajstić information content (AvgIpc) is 3.27. The third-order valence-corrected chi connectivity index (χ3v) is 4.49. The molecule has 0 saturated carbocycles. The van der Waals surface area contributed by atoms with Crippen LogP contribution in [0.2, 0.25) is 0 Å². The molecule has 0 aliphatic heterocycles. The van der Waals surface area contributed by atoms with E-state index in [-0.39, 0.29) is 19.0 Å². The molecule has 3 rings (SSSR count). The van der Waals surface area contributed by atoms with E-state index in [1.807, 2.05) is 38.1 Å². The normalized spacial score (nSPS) is 10.8. The van der Waals surface area contributed by atoms with Crippen molar-refractivity contribution in [2.75, 3.05) is 6.61 Å². The number of rotatable bonds is 7. The first-order chi connectivity index (χ1) is 13.9. The number of ether oxygens (including phenoxy) is 2. The van der Waals surface area contributed by atoms with Crippen LogP contribution in [0, 0.1) is 20.8 Å². The Hall–Kier alpha value is -3.42. The number of hydrogen-bond donors (Lipinski definition) is 0. The third-order valence-electron chi connectivity index (χ3n) is 4.49. The van der Waals surface area contributed by atoms with E-state index in [1.54, 1.807) is 24.5 Å². The van der Waals surface area contributed by atoms with Crippen molar-refractivity contribution >= 4 is 11.9 Å². The summed E-state index contributed by atoms with van der Waals surface area (Å²) in [6, 6.07) is 9.37. The summed E-state index contributed by atoms with van der Waals surface area (Å²) in [7, 11) is 0. The second-order valence-electron chi connectivity index (χ2n) is 6.63. The molecule has 2 aromatic heterocycles. The van der Waals surface area contributed by atoms with Gasteiger partial charge < -0.3 is 18.6 Å². The van der Waals surface area contributed by atoms with E-state index in [4.69, 9.17) is 14.0 Å². The largest absolute Gasteiger partial charge is 0.462 e. The maximum Gasteiger partial charge on any atom is 0.339 e. The second kappa shape index (κ2) is 8.72. The SMILES string of the molecule is CCOC(=O)c1cc(C)n(CC(=O)OCc2noc(-c3ccc(C)cc3)n2)c1C. The summed E-state index contributed by atoms with van der Waals surface area (Å²) in [5.74, 6) is -0.228. The van der Waals surface area contributed by atoms with Crippen LogP contribution in [0.25, 0.3) is 11.5 Å². The van der Waals surface area contributed by atoms with Crippen LogP contribution in [-0.4, -0.2) is 33.3 Å². The molecule has 3 aromatic rings. The molecule has 0 radical (unpaired) electrons. The van der Waals surface area contributed by atoms with Crippen molar-refractivity contribution < 1.29 is 23.6 Å². The summed E-state index contributed by atoms with van der Waals surface area (Å²) in [5.41, 5.74) is 3.79. The van der Waals surface area contributed by atoms with Crippen LogP contribution in [0.5, 0.6) is 0 Å². The summed E-state index contributed by atoms with van der Waals surface area (Å²) >= 11 is 0. The highest BCUT2D eigenvalue weighted by Gasteiger charge is 2.19. The molecule has 8 nitrogen and oxygen atoms in total. The van der Waals surface area contributed by atoms with Crippen molar-refractivity contribution in [2.45, 2.75) is 40.8 Å². The van der Waals surface area contributed by atoms with E-state index in [1.165, 1.54) is 0 Å². The smallest absolute Gasteiger partial charge is 0.339 e. The van der Waals surface area contributed by atoms with Gasteiger partial charge in [-0.25, -0.2) is 4.79 Å². The van der Waals surface area contributed by atoms with E-state index < -0.39 is 11.9 Å². The molecule has 0 atom stereocenters. The third kappa shape index (κ3) is 4.71.